The fourth-order valence-corrected chi connectivity index (χ4v) is 7.46. The lowest BCUT2D eigenvalue weighted by atomic mass is 10.00. The van der Waals surface area contributed by atoms with E-state index in [0.29, 0.717) is 6.54 Å². The monoisotopic (exact) mass is 627 g/mol. The zero-order valence-electron chi connectivity index (χ0n) is 27.6. The smallest absolute Gasteiger partial charge is 0.257 e. The summed E-state index contributed by atoms with van der Waals surface area (Å²) in [5.41, 5.74) is 0. The van der Waals surface area contributed by atoms with Crippen LogP contribution in [0.15, 0.2) is 17.3 Å². The van der Waals surface area contributed by atoms with Crippen molar-refractivity contribution in [2.75, 3.05) is 6.54 Å². The van der Waals surface area contributed by atoms with Crippen molar-refractivity contribution in [3.05, 3.63) is 12.3 Å². The normalized spacial score (nSPS) is 18.8. The van der Waals surface area contributed by atoms with Crippen molar-refractivity contribution in [2.24, 2.45) is 7.05 Å². The third kappa shape index (κ3) is 16.8. The molecule has 9 heteroatoms. The average molecular weight is 628 g/mol. The first-order valence-electron chi connectivity index (χ1n) is 17.8. The molecule has 43 heavy (non-hydrogen) atoms. The highest BCUT2D eigenvalue weighted by Gasteiger charge is 2.34. The van der Waals surface area contributed by atoms with Crippen LogP contribution in [-0.2, 0) is 21.8 Å². The van der Waals surface area contributed by atoms with Gasteiger partial charge in [-0.1, -0.05) is 129 Å². The molecule has 3 N–H and O–H groups in total. The number of hydrogen-bond donors (Lipinski definition) is 3. The minimum Gasteiger partial charge on any atom is -0.390 e. The largest absolute Gasteiger partial charge is 0.390 e. The lowest BCUT2D eigenvalue weighted by Gasteiger charge is -2.22. The highest BCUT2D eigenvalue weighted by atomic mass is 32.2. The molecule has 0 spiro atoms. The predicted molar refractivity (Wildman–Crippen MR) is 176 cm³/mol. The van der Waals surface area contributed by atoms with Gasteiger partial charge in [0.25, 0.3) is 10.0 Å². The molecule has 1 saturated heterocycles. The molecule has 1 aromatic heterocycles. The number of unbranched alkanes of at least 4 members (excludes halogenated alkanes) is 18. The Morgan fingerprint density at radius 2 is 1.19 bits per heavy atom. The summed E-state index contributed by atoms with van der Waals surface area (Å²) in [4.78, 5) is 0. The van der Waals surface area contributed by atoms with Gasteiger partial charge in [-0.25, -0.2) is 13.1 Å². The number of ether oxygens (including phenoxy) is 1. The first-order valence-corrected chi connectivity index (χ1v) is 19.3. The first-order chi connectivity index (χ1) is 20.8. The van der Waals surface area contributed by atoms with E-state index < -0.39 is 22.2 Å². The Morgan fingerprint density at radius 1 is 0.767 bits per heavy atom. The highest BCUT2D eigenvalue weighted by molar-refractivity contribution is 7.89. The summed E-state index contributed by atoms with van der Waals surface area (Å²) in [6.07, 6.45) is 28.1. The van der Waals surface area contributed by atoms with Gasteiger partial charge in [-0.2, -0.15) is 5.10 Å². The van der Waals surface area contributed by atoms with Crippen LogP contribution in [-0.4, -0.2) is 59.4 Å². The summed E-state index contributed by atoms with van der Waals surface area (Å²) in [5.74, 6) is 0. The van der Waals surface area contributed by atoms with Crippen LogP contribution in [0, 0.1) is 0 Å². The molecule has 1 aliphatic rings. The zero-order valence-corrected chi connectivity index (χ0v) is 28.4. The molecular weight excluding hydrogens is 562 g/mol. The van der Waals surface area contributed by atoms with Gasteiger partial charge in [0.2, 0.25) is 0 Å². The van der Waals surface area contributed by atoms with E-state index in [-0.39, 0.29) is 17.2 Å². The Labute approximate surface area is 263 Å². The van der Waals surface area contributed by atoms with E-state index in [1.807, 2.05) is 0 Å². The quantitative estimate of drug-likeness (QED) is 0.0826. The van der Waals surface area contributed by atoms with Gasteiger partial charge in [-0.05, 0) is 38.2 Å². The summed E-state index contributed by atoms with van der Waals surface area (Å²) < 4.78 is 34.6. The van der Waals surface area contributed by atoms with E-state index in [9.17, 15) is 18.6 Å². The molecule has 0 unspecified atom stereocenters. The third-order valence-corrected chi connectivity index (χ3v) is 10.6. The maximum Gasteiger partial charge on any atom is 0.257 e. The lowest BCUT2D eigenvalue weighted by molar-refractivity contribution is -0.0786. The molecule has 1 aliphatic heterocycles. The van der Waals surface area contributed by atoms with Crippen molar-refractivity contribution in [3.63, 3.8) is 0 Å². The second kappa shape index (κ2) is 23.4. The van der Waals surface area contributed by atoms with E-state index >= 15 is 0 Å². The molecule has 8 nitrogen and oxygen atoms in total. The SMILES string of the molecule is CCCCCCCCCCCC[C@@H](O)[C@H]1CC[C@H]([C@H](O)CCCCCCCCCCCCNS(=O)(=O)c2ccnn2C)O1. The minimum absolute atomic E-state index is 0.103. The third-order valence-electron chi connectivity index (χ3n) is 9.07. The maximum absolute atomic E-state index is 12.2. The second-order valence-electron chi connectivity index (χ2n) is 12.9. The van der Waals surface area contributed by atoms with Crippen molar-refractivity contribution >= 4 is 10.0 Å². The van der Waals surface area contributed by atoms with Crippen LogP contribution < -0.4 is 4.72 Å². The highest BCUT2D eigenvalue weighted by Crippen LogP contribution is 2.28. The van der Waals surface area contributed by atoms with Crippen molar-refractivity contribution in [2.45, 2.75) is 190 Å². The van der Waals surface area contributed by atoms with Crippen LogP contribution in [0.4, 0.5) is 0 Å². The number of aliphatic hydroxyl groups excluding tert-OH is 2. The molecular formula is C34H65N3O5S. The topological polar surface area (TPSA) is 114 Å². The lowest BCUT2D eigenvalue weighted by Crippen LogP contribution is -2.31. The summed E-state index contributed by atoms with van der Waals surface area (Å²) >= 11 is 0. The molecule has 0 saturated carbocycles. The van der Waals surface area contributed by atoms with Crippen LogP contribution in [0.1, 0.15) is 161 Å². The van der Waals surface area contributed by atoms with E-state index in [1.165, 1.54) is 107 Å². The molecule has 252 valence electrons. The number of rotatable bonds is 28. The van der Waals surface area contributed by atoms with Gasteiger partial charge in [-0.15, -0.1) is 0 Å². The Balaban J connectivity index is 1.36. The van der Waals surface area contributed by atoms with Gasteiger partial charge < -0.3 is 14.9 Å². The zero-order chi connectivity index (χ0) is 31.2. The minimum atomic E-state index is -3.47. The van der Waals surface area contributed by atoms with Gasteiger partial charge in [0.15, 0.2) is 5.03 Å². The molecule has 2 heterocycles. The van der Waals surface area contributed by atoms with Crippen LogP contribution in [0.3, 0.4) is 0 Å². The van der Waals surface area contributed by atoms with Crippen molar-refractivity contribution in [1.29, 1.82) is 0 Å². The number of aromatic nitrogens is 2. The van der Waals surface area contributed by atoms with Crippen molar-refractivity contribution < 1.29 is 23.4 Å². The van der Waals surface area contributed by atoms with Crippen molar-refractivity contribution in [1.82, 2.24) is 14.5 Å². The van der Waals surface area contributed by atoms with Gasteiger partial charge in [0.1, 0.15) is 0 Å². The standard InChI is InChI=1S/C34H65N3O5S/c1-3-4-5-6-7-8-11-14-17-20-23-30(38)32-25-26-33(42-32)31(39)24-21-18-15-12-9-10-13-16-19-22-28-36-43(40,41)34-27-29-35-37(34)2/h27,29-33,36,38-39H,3-26,28H2,1-2H3/t30-,31-,32-,33-/m1/s1. The Kier molecular flexibility index (Phi) is 20.7. The Morgan fingerprint density at radius 3 is 1.60 bits per heavy atom. The van der Waals surface area contributed by atoms with Gasteiger partial charge in [0.05, 0.1) is 30.6 Å². The Hall–Kier alpha value is -1.00. The van der Waals surface area contributed by atoms with Gasteiger partial charge in [0, 0.05) is 13.6 Å². The predicted octanol–water partition coefficient (Wildman–Crippen LogP) is 7.57. The molecule has 0 bridgehead atoms. The number of hydrogen-bond acceptors (Lipinski definition) is 6. The van der Waals surface area contributed by atoms with Crippen LogP contribution in [0.5, 0.6) is 0 Å². The second-order valence-corrected chi connectivity index (χ2v) is 14.6. The fourth-order valence-electron chi connectivity index (χ4n) is 6.27. The molecule has 0 radical (unpaired) electrons. The number of aryl methyl sites for hydroxylation is 1. The van der Waals surface area contributed by atoms with E-state index in [0.717, 1.165) is 64.2 Å². The van der Waals surface area contributed by atoms with Gasteiger partial charge >= 0.3 is 0 Å². The summed E-state index contributed by atoms with van der Waals surface area (Å²) in [5, 5.41) is 25.3. The molecule has 0 aromatic carbocycles. The summed E-state index contributed by atoms with van der Waals surface area (Å²) in [7, 11) is -1.84. The molecule has 1 fully saturated rings. The van der Waals surface area contributed by atoms with Crippen molar-refractivity contribution in [3.8, 4) is 0 Å². The summed E-state index contributed by atoms with van der Waals surface area (Å²) in [6, 6.07) is 1.51. The van der Waals surface area contributed by atoms with Crippen LogP contribution in [0.2, 0.25) is 0 Å². The molecule has 0 aliphatic carbocycles. The molecule has 2 rings (SSSR count). The van der Waals surface area contributed by atoms with E-state index in [4.69, 9.17) is 4.74 Å². The summed E-state index contributed by atoms with van der Waals surface area (Å²) in [6.45, 7) is 2.73. The van der Waals surface area contributed by atoms with Gasteiger partial charge in [-0.3, -0.25) is 4.68 Å². The molecule has 4 atom stereocenters. The number of aliphatic hydroxyl groups is 2. The number of nitrogens with zero attached hydrogens (tertiary/aromatic N) is 2. The maximum atomic E-state index is 12.2. The Bertz CT molecular complexity index is 910. The van der Waals surface area contributed by atoms with Crippen LogP contribution >= 0.6 is 0 Å². The molecule has 0 amide bonds. The number of sulfonamides is 1. The van der Waals surface area contributed by atoms with E-state index in [1.54, 1.807) is 7.05 Å². The number of nitrogens with one attached hydrogen (secondary N) is 1. The molecule has 1 aromatic rings. The van der Waals surface area contributed by atoms with Crippen LogP contribution in [0.25, 0.3) is 0 Å². The van der Waals surface area contributed by atoms with E-state index in [2.05, 4.69) is 16.7 Å². The first kappa shape index (κ1) is 38.2. The fraction of sp³-hybridized carbons (Fsp3) is 0.912. The average Bonchev–Trinajstić information content (AvgIpc) is 3.66.